The highest BCUT2D eigenvalue weighted by Crippen LogP contribution is 2.29. The quantitative estimate of drug-likeness (QED) is 0.644. The molecule has 0 fully saturated rings. The summed E-state index contributed by atoms with van der Waals surface area (Å²) in [7, 11) is 3.04. The Morgan fingerprint density at radius 2 is 1.89 bits per heavy atom. The van der Waals surface area contributed by atoms with Gasteiger partial charge in [0.15, 0.2) is 17.3 Å². The van der Waals surface area contributed by atoms with E-state index in [4.69, 9.17) is 9.47 Å². The normalized spacial score (nSPS) is 9.72. The number of hydrogen-bond acceptors (Lipinski definition) is 4. The molecule has 1 N–H and O–H groups in total. The highest BCUT2D eigenvalue weighted by molar-refractivity contribution is 9.09. The zero-order valence-electron chi connectivity index (χ0n) is 10.2. The summed E-state index contributed by atoms with van der Waals surface area (Å²) in [5, 5.41) is 2.79. The molecule has 0 heterocycles. The number of carbonyl (C=O) groups excluding carboxylic acids is 2. The van der Waals surface area contributed by atoms with Gasteiger partial charge in [0.2, 0.25) is 5.91 Å². The van der Waals surface area contributed by atoms with Gasteiger partial charge >= 0.3 is 0 Å². The first-order chi connectivity index (χ1) is 8.60. The molecule has 0 saturated heterocycles. The fourth-order valence-corrected chi connectivity index (χ4v) is 1.54. The fraction of sp³-hybridized carbons (Fsp3) is 0.333. The predicted octanol–water partition coefficient (Wildman–Crippen LogP) is 2.00. The lowest BCUT2D eigenvalue weighted by atomic mass is 10.2. The van der Waals surface area contributed by atoms with Crippen molar-refractivity contribution in [2.75, 3.05) is 24.9 Å². The van der Waals surface area contributed by atoms with Crippen LogP contribution in [0, 0.1) is 0 Å². The molecule has 0 spiro atoms. The van der Waals surface area contributed by atoms with Crippen LogP contribution >= 0.6 is 15.9 Å². The van der Waals surface area contributed by atoms with E-state index in [1.54, 1.807) is 18.2 Å². The van der Waals surface area contributed by atoms with Crippen LogP contribution < -0.4 is 14.8 Å². The Kier molecular flexibility index (Phi) is 5.64. The molecule has 0 aliphatic carbocycles. The molecule has 0 aliphatic rings. The minimum atomic E-state index is -0.355. The number of nitrogens with one attached hydrogen (secondary N) is 1. The maximum absolute atomic E-state index is 11.5. The first kappa shape index (κ1) is 14.5. The average Bonchev–Trinajstić information content (AvgIpc) is 2.38. The molecule has 0 bridgehead atoms. The lowest BCUT2D eigenvalue weighted by Gasteiger charge is -2.10. The molecule has 1 aromatic rings. The van der Waals surface area contributed by atoms with E-state index >= 15 is 0 Å². The van der Waals surface area contributed by atoms with Crippen molar-refractivity contribution >= 4 is 33.3 Å². The topological polar surface area (TPSA) is 64.6 Å². The van der Waals surface area contributed by atoms with Crippen molar-refractivity contribution < 1.29 is 19.1 Å². The highest BCUT2D eigenvalue weighted by atomic mass is 79.9. The van der Waals surface area contributed by atoms with Gasteiger partial charge in [-0.1, -0.05) is 15.9 Å². The Bertz CT molecular complexity index is 448. The van der Waals surface area contributed by atoms with Crippen LogP contribution in [0.3, 0.4) is 0 Å². The number of rotatable bonds is 6. The molecule has 0 radical (unpaired) electrons. The second kappa shape index (κ2) is 7.00. The number of hydrogen-bond donors (Lipinski definition) is 1. The molecular weight excluding hydrogens is 302 g/mol. The van der Waals surface area contributed by atoms with E-state index in [2.05, 4.69) is 21.2 Å². The number of alkyl halides is 1. The third kappa shape index (κ3) is 4.03. The zero-order valence-corrected chi connectivity index (χ0v) is 11.7. The second-order valence-electron chi connectivity index (χ2n) is 3.47. The fourth-order valence-electron chi connectivity index (χ4n) is 1.35. The summed E-state index contributed by atoms with van der Waals surface area (Å²) in [6.07, 6.45) is -0.153. The van der Waals surface area contributed by atoms with Gasteiger partial charge in [-0.2, -0.15) is 0 Å². The Balaban J connectivity index is 2.73. The molecule has 1 aromatic carbocycles. The van der Waals surface area contributed by atoms with Crippen LogP contribution in [0.25, 0.3) is 0 Å². The van der Waals surface area contributed by atoms with Crippen molar-refractivity contribution in [1.82, 2.24) is 0 Å². The number of Topliss-reactive ketones (excluding diaryl/α,β-unsaturated/α-hetero) is 1. The van der Waals surface area contributed by atoms with Gasteiger partial charge in [0.25, 0.3) is 0 Å². The Labute approximate surface area is 114 Å². The number of ether oxygens (including phenoxy) is 2. The van der Waals surface area contributed by atoms with E-state index in [0.717, 1.165) is 0 Å². The molecule has 0 saturated carbocycles. The maximum atomic E-state index is 11.5. The number of methoxy groups -OCH3 is 2. The van der Waals surface area contributed by atoms with Crippen molar-refractivity contribution in [3.63, 3.8) is 0 Å². The van der Waals surface area contributed by atoms with Crippen molar-refractivity contribution in [2.24, 2.45) is 0 Å². The molecule has 1 rings (SSSR count). The largest absolute Gasteiger partial charge is 0.493 e. The molecular formula is C12H14BrNO4. The van der Waals surface area contributed by atoms with Gasteiger partial charge in [0.05, 0.1) is 26.0 Å². The minimum absolute atomic E-state index is 0.153. The number of amides is 1. The number of halogens is 1. The van der Waals surface area contributed by atoms with Gasteiger partial charge in [0.1, 0.15) is 0 Å². The van der Waals surface area contributed by atoms with E-state index in [0.29, 0.717) is 17.2 Å². The molecule has 1 amide bonds. The number of carbonyl (C=O) groups is 2. The molecule has 0 unspecified atom stereocenters. The van der Waals surface area contributed by atoms with Crippen molar-refractivity contribution in [3.8, 4) is 11.5 Å². The van der Waals surface area contributed by atoms with E-state index in [9.17, 15) is 9.59 Å². The number of benzene rings is 1. The van der Waals surface area contributed by atoms with Crippen LogP contribution in [0.15, 0.2) is 18.2 Å². The second-order valence-corrected chi connectivity index (χ2v) is 4.03. The molecule has 98 valence electrons. The van der Waals surface area contributed by atoms with Crippen LogP contribution in [0.4, 0.5) is 5.69 Å². The standard InChI is InChI=1S/C12H14BrNO4/c1-17-10-4-3-8(5-11(10)18-2)14-12(16)6-9(15)7-13/h3-5H,6-7H2,1-2H3,(H,14,16). The van der Waals surface area contributed by atoms with E-state index in [1.165, 1.54) is 14.2 Å². The Morgan fingerprint density at radius 3 is 2.44 bits per heavy atom. The first-order valence-corrected chi connectivity index (χ1v) is 6.32. The molecule has 6 heteroatoms. The van der Waals surface area contributed by atoms with Gasteiger partial charge in [-0.3, -0.25) is 9.59 Å². The van der Waals surface area contributed by atoms with Crippen molar-refractivity contribution in [1.29, 1.82) is 0 Å². The van der Waals surface area contributed by atoms with Crippen LogP contribution in [-0.4, -0.2) is 31.2 Å². The molecule has 0 atom stereocenters. The van der Waals surface area contributed by atoms with Crippen LogP contribution in [0.1, 0.15) is 6.42 Å². The molecule has 0 aliphatic heterocycles. The SMILES string of the molecule is COc1ccc(NC(=O)CC(=O)CBr)cc1OC. The van der Waals surface area contributed by atoms with Crippen molar-refractivity contribution in [3.05, 3.63) is 18.2 Å². The highest BCUT2D eigenvalue weighted by Gasteiger charge is 2.10. The lowest BCUT2D eigenvalue weighted by Crippen LogP contribution is -2.16. The van der Waals surface area contributed by atoms with Crippen LogP contribution in [0.2, 0.25) is 0 Å². The monoisotopic (exact) mass is 315 g/mol. The van der Waals surface area contributed by atoms with E-state index in [1.807, 2.05) is 0 Å². The predicted molar refractivity (Wildman–Crippen MR) is 71.6 cm³/mol. The zero-order chi connectivity index (χ0) is 13.5. The van der Waals surface area contributed by atoms with Gasteiger partial charge in [-0.25, -0.2) is 0 Å². The van der Waals surface area contributed by atoms with Crippen LogP contribution in [-0.2, 0) is 9.59 Å². The molecule has 0 aromatic heterocycles. The Hall–Kier alpha value is -1.56. The smallest absolute Gasteiger partial charge is 0.231 e. The maximum Gasteiger partial charge on any atom is 0.231 e. The minimum Gasteiger partial charge on any atom is -0.493 e. The third-order valence-corrected chi connectivity index (χ3v) is 2.80. The Morgan fingerprint density at radius 1 is 1.22 bits per heavy atom. The summed E-state index contributed by atoms with van der Waals surface area (Å²) in [6, 6.07) is 4.99. The van der Waals surface area contributed by atoms with Crippen molar-refractivity contribution in [2.45, 2.75) is 6.42 Å². The van der Waals surface area contributed by atoms with Gasteiger partial charge in [-0.15, -0.1) is 0 Å². The molecule has 5 nitrogen and oxygen atoms in total. The van der Waals surface area contributed by atoms with Gasteiger partial charge < -0.3 is 14.8 Å². The van der Waals surface area contributed by atoms with E-state index in [-0.39, 0.29) is 23.4 Å². The third-order valence-electron chi connectivity index (χ3n) is 2.17. The summed E-state index contributed by atoms with van der Waals surface area (Å²) in [5.41, 5.74) is 0.556. The van der Waals surface area contributed by atoms with Crippen LogP contribution in [0.5, 0.6) is 11.5 Å². The summed E-state index contributed by atoms with van der Waals surface area (Å²) < 4.78 is 10.2. The van der Waals surface area contributed by atoms with Gasteiger partial charge in [0, 0.05) is 11.8 Å². The number of ketones is 1. The van der Waals surface area contributed by atoms with Gasteiger partial charge in [-0.05, 0) is 12.1 Å². The first-order valence-electron chi connectivity index (χ1n) is 5.20. The number of anilines is 1. The lowest BCUT2D eigenvalue weighted by molar-refractivity contribution is -0.123. The summed E-state index contributed by atoms with van der Waals surface area (Å²) >= 11 is 3.00. The summed E-state index contributed by atoms with van der Waals surface area (Å²) in [4.78, 5) is 22.6. The van der Waals surface area contributed by atoms with E-state index < -0.39 is 0 Å². The molecule has 18 heavy (non-hydrogen) atoms. The summed E-state index contributed by atoms with van der Waals surface area (Å²) in [5.74, 6) is 0.564. The summed E-state index contributed by atoms with van der Waals surface area (Å²) in [6.45, 7) is 0. The average molecular weight is 316 g/mol.